The van der Waals surface area contributed by atoms with Crippen LogP contribution in [0.3, 0.4) is 0 Å². The van der Waals surface area contributed by atoms with Gasteiger partial charge in [0.1, 0.15) is 5.75 Å². The average molecular weight is 306 g/mol. The van der Waals surface area contributed by atoms with E-state index in [9.17, 15) is 13.2 Å². The van der Waals surface area contributed by atoms with Gasteiger partial charge in [-0.15, -0.1) is 13.2 Å². The van der Waals surface area contributed by atoms with E-state index in [2.05, 4.69) is 4.74 Å². The van der Waals surface area contributed by atoms with Gasteiger partial charge in [0.15, 0.2) is 0 Å². The van der Waals surface area contributed by atoms with Crippen LogP contribution in [0.25, 0.3) is 0 Å². The molecule has 7 heteroatoms. The molecule has 0 saturated heterocycles. The molecule has 0 radical (unpaired) electrons. The van der Waals surface area contributed by atoms with Crippen molar-refractivity contribution in [3.63, 3.8) is 0 Å². The van der Waals surface area contributed by atoms with Gasteiger partial charge in [-0.05, 0) is 31.2 Å². The van der Waals surface area contributed by atoms with E-state index in [4.69, 9.17) is 10.5 Å². The summed E-state index contributed by atoms with van der Waals surface area (Å²) < 4.78 is 45.7. The summed E-state index contributed by atoms with van der Waals surface area (Å²) in [6.45, 7) is 1.66. The SMILES string of the molecule is COCCCN(C)C(CN)c1cccc(OC(F)(F)F)c1. The van der Waals surface area contributed by atoms with Crippen molar-refractivity contribution >= 4 is 0 Å². The predicted octanol–water partition coefficient (Wildman–Crippen LogP) is 2.55. The second kappa shape index (κ2) is 8.21. The molecule has 1 rings (SSSR count). The molecule has 0 aliphatic heterocycles. The molecule has 0 aliphatic rings. The molecule has 1 aromatic rings. The number of hydrogen-bond donors (Lipinski definition) is 1. The first-order valence-corrected chi connectivity index (χ1v) is 6.62. The number of methoxy groups -OCH3 is 1. The summed E-state index contributed by atoms with van der Waals surface area (Å²) in [5, 5.41) is 0. The van der Waals surface area contributed by atoms with Crippen LogP contribution in [0.1, 0.15) is 18.0 Å². The van der Waals surface area contributed by atoms with Crippen molar-refractivity contribution < 1.29 is 22.6 Å². The van der Waals surface area contributed by atoms with E-state index in [0.717, 1.165) is 13.0 Å². The third-order valence-electron chi connectivity index (χ3n) is 3.09. The molecule has 1 unspecified atom stereocenters. The zero-order valence-electron chi connectivity index (χ0n) is 12.2. The summed E-state index contributed by atoms with van der Waals surface area (Å²) in [7, 11) is 3.50. The van der Waals surface area contributed by atoms with Crippen LogP contribution in [0.15, 0.2) is 24.3 Å². The standard InChI is InChI=1S/C14H21F3N2O2/c1-19(7-4-8-20-2)13(10-18)11-5-3-6-12(9-11)21-14(15,16)17/h3,5-6,9,13H,4,7-8,10,18H2,1-2H3. The van der Waals surface area contributed by atoms with E-state index in [0.29, 0.717) is 18.7 Å². The Kier molecular flexibility index (Phi) is 6.94. The normalized spacial score (nSPS) is 13.5. The number of ether oxygens (including phenoxy) is 2. The number of benzene rings is 1. The first-order chi connectivity index (χ1) is 9.87. The number of nitrogens with two attached hydrogens (primary N) is 1. The van der Waals surface area contributed by atoms with E-state index in [-0.39, 0.29) is 11.8 Å². The summed E-state index contributed by atoms with van der Waals surface area (Å²) in [6, 6.07) is 5.75. The van der Waals surface area contributed by atoms with Crippen LogP contribution in [0.4, 0.5) is 13.2 Å². The van der Waals surface area contributed by atoms with E-state index >= 15 is 0 Å². The van der Waals surface area contributed by atoms with Gasteiger partial charge in [0.25, 0.3) is 0 Å². The quantitative estimate of drug-likeness (QED) is 0.750. The fraction of sp³-hybridized carbons (Fsp3) is 0.571. The van der Waals surface area contributed by atoms with Gasteiger partial charge in [-0.1, -0.05) is 12.1 Å². The maximum Gasteiger partial charge on any atom is 0.573 e. The van der Waals surface area contributed by atoms with Gasteiger partial charge in [-0.25, -0.2) is 0 Å². The van der Waals surface area contributed by atoms with Crippen LogP contribution < -0.4 is 10.5 Å². The first kappa shape index (κ1) is 17.7. The maximum absolute atomic E-state index is 12.2. The lowest BCUT2D eigenvalue weighted by Gasteiger charge is -2.27. The van der Waals surface area contributed by atoms with Gasteiger partial charge in [0, 0.05) is 32.8 Å². The van der Waals surface area contributed by atoms with Gasteiger partial charge in [0.05, 0.1) is 0 Å². The second-order valence-corrected chi connectivity index (χ2v) is 4.70. The Morgan fingerprint density at radius 3 is 2.62 bits per heavy atom. The second-order valence-electron chi connectivity index (χ2n) is 4.70. The van der Waals surface area contributed by atoms with Crippen LogP contribution in [0, 0.1) is 0 Å². The highest BCUT2D eigenvalue weighted by atomic mass is 19.4. The molecule has 120 valence electrons. The zero-order chi connectivity index (χ0) is 15.9. The summed E-state index contributed by atoms with van der Waals surface area (Å²) in [5.41, 5.74) is 6.44. The number of alkyl halides is 3. The Morgan fingerprint density at radius 1 is 1.33 bits per heavy atom. The fourth-order valence-corrected chi connectivity index (χ4v) is 2.10. The van der Waals surface area contributed by atoms with Crippen molar-refractivity contribution in [1.82, 2.24) is 4.90 Å². The van der Waals surface area contributed by atoms with Crippen LogP contribution in [0.5, 0.6) is 5.75 Å². The Hall–Kier alpha value is -1.31. The Bertz CT molecular complexity index is 427. The molecule has 0 spiro atoms. The molecule has 21 heavy (non-hydrogen) atoms. The third kappa shape index (κ3) is 6.33. The minimum Gasteiger partial charge on any atom is -0.406 e. The number of hydrogen-bond acceptors (Lipinski definition) is 4. The summed E-state index contributed by atoms with van der Waals surface area (Å²) in [4.78, 5) is 1.99. The van der Waals surface area contributed by atoms with Crippen molar-refractivity contribution in [3.05, 3.63) is 29.8 Å². The molecule has 0 aliphatic carbocycles. The molecule has 1 atom stereocenters. The third-order valence-corrected chi connectivity index (χ3v) is 3.09. The molecule has 1 aromatic carbocycles. The monoisotopic (exact) mass is 306 g/mol. The molecule has 0 bridgehead atoms. The van der Waals surface area contributed by atoms with Crippen molar-refractivity contribution in [2.45, 2.75) is 18.8 Å². The lowest BCUT2D eigenvalue weighted by Crippen LogP contribution is -2.31. The van der Waals surface area contributed by atoms with E-state index in [1.165, 1.54) is 18.2 Å². The van der Waals surface area contributed by atoms with Crippen LogP contribution in [-0.2, 0) is 4.74 Å². The number of nitrogens with zero attached hydrogens (tertiary/aromatic N) is 1. The Labute approximate surface area is 122 Å². The number of likely N-dealkylation sites (N-methyl/N-ethyl adjacent to an activating group) is 1. The van der Waals surface area contributed by atoms with Crippen molar-refractivity contribution in [3.8, 4) is 5.75 Å². The molecule has 4 nitrogen and oxygen atoms in total. The molecule has 0 heterocycles. The van der Waals surface area contributed by atoms with Crippen LogP contribution >= 0.6 is 0 Å². The van der Waals surface area contributed by atoms with Gasteiger partial charge in [-0.2, -0.15) is 0 Å². The average Bonchev–Trinajstić information content (AvgIpc) is 2.38. The van der Waals surface area contributed by atoms with E-state index in [1.807, 2.05) is 11.9 Å². The number of halogens is 3. The molecule has 0 saturated carbocycles. The van der Waals surface area contributed by atoms with Crippen molar-refractivity contribution in [2.75, 3.05) is 33.9 Å². The molecular formula is C14H21F3N2O2. The van der Waals surface area contributed by atoms with Crippen molar-refractivity contribution in [1.29, 1.82) is 0 Å². The smallest absolute Gasteiger partial charge is 0.406 e. The van der Waals surface area contributed by atoms with Gasteiger partial charge in [0.2, 0.25) is 0 Å². The summed E-state index contributed by atoms with van der Waals surface area (Å²) in [6.07, 6.45) is -3.87. The molecular weight excluding hydrogens is 285 g/mol. The Balaban J connectivity index is 2.78. The highest BCUT2D eigenvalue weighted by Gasteiger charge is 2.31. The predicted molar refractivity (Wildman–Crippen MR) is 74.0 cm³/mol. The molecule has 0 fully saturated rings. The van der Waals surface area contributed by atoms with Crippen LogP contribution in [0.2, 0.25) is 0 Å². The minimum absolute atomic E-state index is 0.168. The highest BCUT2D eigenvalue weighted by molar-refractivity contribution is 5.31. The van der Waals surface area contributed by atoms with Gasteiger partial charge in [-0.3, -0.25) is 4.90 Å². The lowest BCUT2D eigenvalue weighted by atomic mass is 10.1. The van der Waals surface area contributed by atoms with Crippen LogP contribution in [-0.4, -0.2) is 45.1 Å². The molecule has 0 aromatic heterocycles. The fourth-order valence-electron chi connectivity index (χ4n) is 2.10. The number of rotatable bonds is 8. The maximum atomic E-state index is 12.2. The van der Waals surface area contributed by atoms with Crippen molar-refractivity contribution in [2.24, 2.45) is 5.73 Å². The summed E-state index contributed by atoms with van der Waals surface area (Å²) in [5.74, 6) is -0.233. The van der Waals surface area contributed by atoms with Gasteiger partial charge < -0.3 is 15.2 Å². The molecule has 0 amide bonds. The van der Waals surface area contributed by atoms with Gasteiger partial charge >= 0.3 is 6.36 Å². The zero-order valence-corrected chi connectivity index (χ0v) is 12.2. The topological polar surface area (TPSA) is 47.7 Å². The Morgan fingerprint density at radius 2 is 2.05 bits per heavy atom. The summed E-state index contributed by atoms with van der Waals surface area (Å²) >= 11 is 0. The first-order valence-electron chi connectivity index (χ1n) is 6.62. The molecule has 2 N–H and O–H groups in total. The minimum atomic E-state index is -4.69. The van der Waals surface area contributed by atoms with E-state index < -0.39 is 6.36 Å². The lowest BCUT2D eigenvalue weighted by molar-refractivity contribution is -0.274. The van der Waals surface area contributed by atoms with E-state index in [1.54, 1.807) is 13.2 Å². The highest BCUT2D eigenvalue weighted by Crippen LogP contribution is 2.27. The largest absolute Gasteiger partial charge is 0.573 e.